The zero-order valence-electron chi connectivity index (χ0n) is 21.9. The van der Waals surface area contributed by atoms with E-state index in [2.05, 4.69) is 11.9 Å². The zero-order valence-corrected chi connectivity index (χ0v) is 21.9. The Morgan fingerprint density at radius 1 is 0.763 bits per heavy atom. The van der Waals surface area contributed by atoms with Crippen LogP contribution >= 0.6 is 0 Å². The molecule has 0 aliphatic rings. The number of ether oxygens (including phenoxy) is 1. The number of aromatic nitrogens is 1. The summed E-state index contributed by atoms with van der Waals surface area (Å²) in [6.07, 6.45) is 4.16. The van der Waals surface area contributed by atoms with E-state index in [-0.39, 0.29) is 0 Å². The molecule has 2 nitrogen and oxygen atoms in total. The first-order chi connectivity index (χ1) is 18.3. The van der Waals surface area contributed by atoms with E-state index in [1.165, 1.54) is 50.7 Å². The minimum atomic E-state index is -4.42. The number of rotatable bonds is 11. The smallest absolute Gasteiger partial charge is 0.416 e. The van der Waals surface area contributed by atoms with Gasteiger partial charge in [-0.1, -0.05) is 69.7 Å². The summed E-state index contributed by atoms with van der Waals surface area (Å²) >= 11 is 0. The summed E-state index contributed by atoms with van der Waals surface area (Å²) in [6, 6.07) is 17.5. The normalized spacial score (nSPS) is 11.7. The first-order valence-electron chi connectivity index (χ1n) is 13.3. The highest BCUT2D eigenvalue weighted by Crippen LogP contribution is 2.34. The van der Waals surface area contributed by atoms with Gasteiger partial charge in [-0.25, -0.2) is 9.37 Å². The molecule has 0 aliphatic heterocycles. The van der Waals surface area contributed by atoms with Crippen LogP contribution in [0.1, 0.15) is 63.0 Å². The third-order valence-corrected chi connectivity index (χ3v) is 6.79. The van der Waals surface area contributed by atoms with Crippen LogP contribution in [-0.2, 0) is 6.18 Å². The van der Waals surface area contributed by atoms with Crippen molar-refractivity contribution in [2.24, 2.45) is 0 Å². The minimum Gasteiger partial charge on any atom is -0.494 e. The second kappa shape index (κ2) is 12.4. The molecule has 38 heavy (non-hydrogen) atoms. The van der Waals surface area contributed by atoms with Crippen molar-refractivity contribution in [3.05, 3.63) is 83.7 Å². The molecule has 6 heteroatoms. The van der Waals surface area contributed by atoms with Crippen LogP contribution in [-0.4, -0.2) is 11.6 Å². The molecule has 200 valence electrons. The lowest BCUT2D eigenvalue weighted by atomic mass is 9.99. The quantitative estimate of drug-likeness (QED) is 0.144. The summed E-state index contributed by atoms with van der Waals surface area (Å²) in [5.74, 6) is 0.368. The zero-order chi connectivity index (χ0) is 27.1. The Labute approximate surface area is 221 Å². The number of nitrogens with zero attached hydrogens (tertiary/aromatic N) is 1. The van der Waals surface area contributed by atoms with E-state index in [1.807, 2.05) is 24.3 Å². The maximum atomic E-state index is 15.1. The molecule has 0 N–H and O–H groups in total. The fourth-order valence-corrected chi connectivity index (χ4v) is 4.61. The lowest BCUT2D eigenvalue weighted by Gasteiger charge is -2.12. The predicted octanol–water partition coefficient (Wildman–Crippen LogP) is 10.2. The van der Waals surface area contributed by atoms with Gasteiger partial charge in [-0.05, 0) is 66.9 Å². The number of benzene rings is 3. The Morgan fingerprint density at radius 3 is 2.13 bits per heavy atom. The van der Waals surface area contributed by atoms with Crippen molar-refractivity contribution in [1.29, 1.82) is 0 Å². The van der Waals surface area contributed by atoms with Gasteiger partial charge in [0.05, 0.1) is 23.4 Å². The van der Waals surface area contributed by atoms with Gasteiger partial charge in [0.2, 0.25) is 0 Å². The molecule has 1 heterocycles. The molecular formula is C32H33F4NO. The van der Waals surface area contributed by atoms with Crippen molar-refractivity contribution in [2.45, 2.75) is 65.0 Å². The Bertz CT molecular complexity index is 1360. The molecule has 4 rings (SSSR count). The average molecular weight is 524 g/mol. The molecule has 0 saturated heterocycles. The largest absolute Gasteiger partial charge is 0.494 e. The summed E-state index contributed by atoms with van der Waals surface area (Å²) in [5, 5.41) is 0.426. The number of pyridine rings is 1. The lowest BCUT2D eigenvalue weighted by Crippen LogP contribution is -2.04. The lowest BCUT2D eigenvalue weighted by molar-refractivity contribution is -0.137. The van der Waals surface area contributed by atoms with Crippen LogP contribution in [0.15, 0.2) is 66.7 Å². The summed E-state index contributed by atoms with van der Waals surface area (Å²) in [7, 11) is 0. The number of hydrogen-bond donors (Lipinski definition) is 0. The molecule has 0 fully saturated rings. The topological polar surface area (TPSA) is 22.1 Å². The fourth-order valence-electron chi connectivity index (χ4n) is 4.61. The highest BCUT2D eigenvalue weighted by atomic mass is 19.4. The second-order valence-electron chi connectivity index (χ2n) is 9.74. The maximum absolute atomic E-state index is 15.1. The number of alkyl halides is 3. The van der Waals surface area contributed by atoms with Gasteiger partial charge in [0.25, 0.3) is 0 Å². The van der Waals surface area contributed by atoms with E-state index in [0.717, 1.165) is 29.9 Å². The standard InChI is InChI=1S/C32H33F4NO/c1-3-4-5-6-7-8-9-18-38-26-14-10-23(11-15-26)27-16-12-24(20-29(27)33)31-19-22(2)28-21-25(32(34,35)36)13-17-30(28)37-31/h10-17,19-21H,3-9,18H2,1-2H3. The van der Waals surface area contributed by atoms with E-state index in [9.17, 15) is 13.2 Å². The highest BCUT2D eigenvalue weighted by molar-refractivity contribution is 5.86. The van der Waals surface area contributed by atoms with Gasteiger partial charge in [0.1, 0.15) is 11.6 Å². The molecule has 0 bridgehead atoms. The van der Waals surface area contributed by atoms with E-state index < -0.39 is 17.6 Å². The summed E-state index contributed by atoms with van der Waals surface area (Å²) in [4.78, 5) is 4.49. The molecule has 0 atom stereocenters. The van der Waals surface area contributed by atoms with Gasteiger partial charge in [-0.3, -0.25) is 0 Å². The average Bonchev–Trinajstić information content (AvgIpc) is 2.90. The van der Waals surface area contributed by atoms with Crippen LogP contribution in [0.25, 0.3) is 33.3 Å². The van der Waals surface area contributed by atoms with Crippen LogP contribution in [0.5, 0.6) is 5.75 Å². The van der Waals surface area contributed by atoms with Crippen LogP contribution in [0.4, 0.5) is 17.6 Å². The van der Waals surface area contributed by atoms with Crippen molar-refractivity contribution >= 4 is 10.9 Å². The number of halogens is 4. The van der Waals surface area contributed by atoms with Crippen molar-refractivity contribution in [3.63, 3.8) is 0 Å². The molecule has 0 saturated carbocycles. The molecular weight excluding hydrogens is 490 g/mol. The van der Waals surface area contributed by atoms with Crippen LogP contribution in [0, 0.1) is 12.7 Å². The number of unbranched alkanes of at least 4 members (excludes halogenated alkanes) is 6. The summed E-state index contributed by atoms with van der Waals surface area (Å²) < 4.78 is 60.3. The van der Waals surface area contributed by atoms with E-state index in [4.69, 9.17) is 4.74 Å². The number of hydrogen-bond acceptors (Lipinski definition) is 2. The molecule has 0 amide bonds. The summed E-state index contributed by atoms with van der Waals surface area (Å²) in [5.41, 5.74) is 2.63. The monoisotopic (exact) mass is 523 g/mol. The third-order valence-electron chi connectivity index (χ3n) is 6.79. The number of fused-ring (bicyclic) bond motifs is 1. The van der Waals surface area contributed by atoms with Gasteiger partial charge in [-0.2, -0.15) is 13.2 Å². The van der Waals surface area contributed by atoms with Crippen molar-refractivity contribution in [2.75, 3.05) is 6.61 Å². The predicted molar refractivity (Wildman–Crippen MR) is 146 cm³/mol. The molecule has 0 spiro atoms. The van der Waals surface area contributed by atoms with Gasteiger partial charge in [0.15, 0.2) is 0 Å². The summed E-state index contributed by atoms with van der Waals surface area (Å²) in [6.45, 7) is 4.62. The molecule has 0 aliphatic carbocycles. The molecule has 4 aromatic rings. The van der Waals surface area contributed by atoms with Gasteiger partial charge in [-0.15, -0.1) is 0 Å². The Morgan fingerprint density at radius 2 is 1.45 bits per heavy atom. The third kappa shape index (κ3) is 6.91. The van der Waals surface area contributed by atoms with Crippen LogP contribution < -0.4 is 4.74 Å². The SMILES string of the molecule is CCCCCCCCCOc1ccc(-c2ccc(-c3cc(C)c4cc(C(F)(F)F)ccc4n3)cc2F)cc1. The van der Waals surface area contributed by atoms with Gasteiger partial charge in [0, 0.05) is 16.5 Å². The second-order valence-corrected chi connectivity index (χ2v) is 9.74. The first-order valence-corrected chi connectivity index (χ1v) is 13.3. The number of aryl methyl sites for hydroxylation is 1. The van der Waals surface area contributed by atoms with Gasteiger partial charge < -0.3 is 4.74 Å². The molecule has 0 unspecified atom stereocenters. The Kier molecular flexibility index (Phi) is 9.03. The van der Waals surface area contributed by atoms with Crippen molar-refractivity contribution in [3.8, 4) is 28.1 Å². The van der Waals surface area contributed by atoms with Crippen LogP contribution in [0.3, 0.4) is 0 Å². The van der Waals surface area contributed by atoms with E-state index in [1.54, 1.807) is 25.1 Å². The van der Waals surface area contributed by atoms with E-state index >= 15 is 4.39 Å². The Balaban J connectivity index is 1.42. The molecule has 0 radical (unpaired) electrons. The van der Waals surface area contributed by atoms with Crippen molar-refractivity contribution < 1.29 is 22.3 Å². The highest BCUT2D eigenvalue weighted by Gasteiger charge is 2.30. The maximum Gasteiger partial charge on any atom is 0.416 e. The fraction of sp³-hybridized carbons (Fsp3) is 0.344. The first kappa shape index (κ1) is 27.6. The molecule has 3 aromatic carbocycles. The minimum absolute atomic E-state index is 0.397. The van der Waals surface area contributed by atoms with E-state index in [0.29, 0.717) is 39.9 Å². The van der Waals surface area contributed by atoms with Crippen LogP contribution in [0.2, 0.25) is 0 Å². The molecule has 1 aromatic heterocycles. The van der Waals surface area contributed by atoms with Crippen molar-refractivity contribution in [1.82, 2.24) is 4.98 Å². The van der Waals surface area contributed by atoms with Gasteiger partial charge >= 0.3 is 6.18 Å². The Hall–Kier alpha value is -3.41.